The van der Waals surface area contributed by atoms with E-state index in [4.69, 9.17) is 28.9 Å². The highest BCUT2D eigenvalue weighted by Gasteiger charge is 2.20. The molecule has 2 aromatic heterocycles. The van der Waals surface area contributed by atoms with Crippen LogP contribution in [0.5, 0.6) is 0 Å². The second kappa shape index (κ2) is 10.2. The Morgan fingerprint density at radius 3 is 2.44 bits per heavy atom. The fourth-order valence-corrected chi connectivity index (χ4v) is 3.27. The van der Waals surface area contributed by atoms with Crippen molar-refractivity contribution in [2.45, 2.75) is 12.6 Å². The van der Waals surface area contributed by atoms with Gasteiger partial charge in [-0.15, -0.1) is 0 Å². The SMILES string of the molecule is NCC(Nc1ccc([N+](=O)[O-])cn1)c1ccc([N+](=O)[O-])c(NCc2ccc(Cl)cc2Cl)n1. The van der Waals surface area contributed by atoms with Gasteiger partial charge in [-0.3, -0.25) is 20.2 Å². The van der Waals surface area contributed by atoms with Crippen LogP contribution < -0.4 is 16.4 Å². The Kier molecular flexibility index (Phi) is 7.36. The average Bonchev–Trinajstić information content (AvgIpc) is 2.77. The number of hydrogen-bond donors (Lipinski definition) is 3. The minimum Gasteiger partial charge on any atom is -0.360 e. The average molecular weight is 478 g/mol. The summed E-state index contributed by atoms with van der Waals surface area (Å²) >= 11 is 12.1. The Morgan fingerprint density at radius 1 is 1.06 bits per heavy atom. The van der Waals surface area contributed by atoms with Gasteiger partial charge in [-0.05, 0) is 29.8 Å². The van der Waals surface area contributed by atoms with Gasteiger partial charge in [-0.2, -0.15) is 0 Å². The molecule has 0 bridgehead atoms. The molecule has 0 fully saturated rings. The van der Waals surface area contributed by atoms with Crippen LogP contribution in [0.3, 0.4) is 0 Å². The highest BCUT2D eigenvalue weighted by Crippen LogP contribution is 2.28. The zero-order valence-electron chi connectivity index (χ0n) is 16.4. The lowest BCUT2D eigenvalue weighted by molar-refractivity contribution is -0.385. The normalized spacial score (nSPS) is 11.6. The molecule has 0 aliphatic heterocycles. The first-order valence-electron chi connectivity index (χ1n) is 9.18. The first-order chi connectivity index (χ1) is 15.3. The van der Waals surface area contributed by atoms with Crippen molar-refractivity contribution in [2.75, 3.05) is 17.2 Å². The molecule has 32 heavy (non-hydrogen) atoms. The van der Waals surface area contributed by atoms with Gasteiger partial charge in [-0.1, -0.05) is 29.3 Å². The standard InChI is InChI=1S/C19H17Cl2N7O4/c20-12-2-1-11(14(21)7-12)9-24-19-17(28(31)32)5-4-15(26-19)16(8-22)25-18-6-3-13(10-23-18)27(29)30/h1-7,10,16H,8-9,22H2,(H,23,25)(H,24,26). The van der Waals surface area contributed by atoms with Gasteiger partial charge < -0.3 is 16.4 Å². The number of hydrogen-bond acceptors (Lipinski definition) is 9. The van der Waals surface area contributed by atoms with Crippen LogP contribution in [0.1, 0.15) is 17.3 Å². The van der Waals surface area contributed by atoms with Crippen molar-refractivity contribution in [1.29, 1.82) is 0 Å². The van der Waals surface area contributed by atoms with Crippen molar-refractivity contribution in [3.8, 4) is 0 Å². The molecule has 2 heterocycles. The zero-order chi connectivity index (χ0) is 23.3. The lowest BCUT2D eigenvalue weighted by Crippen LogP contribution is -2.22. The van der Waals surface area contributed by atoms with Crippen molar-refractivity contribution < 1.29 is 9.85 Å². The molecule has 166 valence electrons. The van der Waals surface area contributed by atoms with Gasteiger partial charge in [0, 0.05) is 35.3 Å². The maximum atomic E-state index is 11.5. The molecule has 1 atom stereocenters. The van der Waals surface area contributed by atoms with Crippen LogP contribution in [0.2, 0.25) is 10.0 Å². The van der Waals surface area contributed by atoms with E-state index >= 15 is 0 Å². The molecule has 1 unspecified atom stereocenters. The Hall–Kier alpha value is -3.54. The van der Waals surface area contributed by atoms with Crippen LogP contribution in [-0.4, -0.2) is 26.4 Å². The van der Waals surface area contributed by atoms with Gasteiger partial charge in [0.15, 0.2) is 0 Å². The highest BCUT2D eigenvalue weighted by atomic mass is 35.5. The summed E-state index contributed by atoms with van der Waals surface area (Å²) in [7, 11) is 0. The number of nitrogens with zero attached hydrogens (tertiary/aromatic N) is 4. The third kappa shape index (κ3) is 5.58. The van der Waals surface area contributed by atoms with E-state index in [-0.39, 0.29) is 30.3 Å². The predicted octanol–water partition coefficient (Wildman–Crippen LogP) is 4.32. The van der Waals surface area contributed by atoms with Gasteiger partial charge in [0.25, 0.3) is 5.69 Å². The number of nitrogens with one attached hydrogen (secondary N) is 2. The van der Waals surface area contributed by atoms with E-state index in [9.17, 15) is 20.2 Å². The van der Waals surface area contributed by atoms with Gasteiger partial charge >= 0.3 is 5.69 Å². The van der Waals surface area contributed by atoms with Crippen molar-refractivity contribution >= 4 is 46.2 Å². The largest absolute Gasteiger partial charge is 0.360 e. The minimum absolute atomic E-state index is 0.0374. The first kappa shape index (κ1) is 23.1. The summed E-state index contributed by atoms with van der Waals surface area (Å²) in [5.74, 6) is 0.379. The molecular formula is C19H17Cl2N7O4. The first-order valence-corrected chi connectivity index (χ1v) is 9.94. The Labute approximate surface area is 191 Å². The summed E-state index contributed by atoms with van der Waals surface area (Å²) in [4.78, 5) is 29.5. The number of rotatable bonds is 9. The number of pyridine rings is 2. The summed E-state index contributed by atoms with van der Waals surface area (Å²) in [5, 5.41) is 29.1. The van der Waals surface area contributed by atoms with Crippen LogP contribution in [0, 0.1) is 20.2 Å². The number of halogens is 2. The lowest BCUT2D eigenvalue weighted by Gasteiger charge is -2.18. The van der Waals surface area contributed by atoms with Crippen LogP contribution in [0.25, 0.3) is 0 Å². The zero-order valence-corrected chi connectivity index (χ0v) is 17.9. The molecular weight excluding hydrogens is 461 g/mol. The van der Waals surface area contributed by atoms with Crippen molar-refractivity contribution in [1.82, 2.24) is 9.97 Å². The molecule has 0 radical (unpaired) electrons. The minimum atomic E-state index is -0.556. The second-order valence-electron chi connectivity index (χ2n) is 6.54. The van der Waals surface area contributed by atoms with Crippen molar-refractivity contribution in [2.24, 2.45) is 5.73 Å². The summed E-state index contributed by atoms with van der Waals surface area (Å²) in [6.45, 7) is 0.268. The molecule has 11 nitrogen and oxygen atoms in total. The maximum absolute atomic E-state index is 11.5. The fraction of sp³-hybridized carbons (Fsp3) is 0.158. The number of nitro groups is 2. The predicted molar refractivity (Wildman–Crippen MR) is 121 cm³/mol. The second-order valence-corrected chi connectivity index (χ2v) is 7.39. The summed E-state index contributed by atoms with van der Waals surface area (Å²) in [6, 6.07) is 9.93. The third-order valence-electron chi connectivity index (χ3n) is 4.43. The molecule has 0 saturated carbocycles. The molecule has 0 amide bonds. The summed E-state index contributed by atoms with van der Waals surface area (Å²) < 4.78 is 0. The van der Waals surface area contributed by atoms with E-state index in [0.29, 0.717) is 27.1 Å². The summed E-state index contributed by atoms with van der Waals surface area (Å²) in [6.07, 6.45) is 1.11. The molecule has 0 aliphatic carbocycles. The molecule has 0 spiro atoms. The third-order valence-corrected chi connectivity index (χ3v) is 5.01. The topological polar surface area (TPSA) is 162 Å². The lowest BCUT2D eigenvalue weighted by atomic mass is 10.1. The molecule has 3 aromatic rings. The van der Waals surface area contributed by atoms with Gasteiger partial charge in [0.1, 0.15) is 12.0 Å². The molecule has 0 saturated heterocycles. The molecule has 13 heteroatoms. The summed E-state index contributed by atoms with van der Waals surface area (Å²) in [5.41, 5.74) is 6.58. The monoisotopic (exact) mass is 477 g/mol. The highest BCUT2D eigenvalue weighted by molar-refractivity contribution is 6.35. The van der Waals surface area contributed by atoms with E-state index in [1.807, 2.05) is 0 Å². The Bertz CT molecular complexity index is 1150. The van der Waals surface area contributed by atoms with E-state index in [2.05, 4.69) is 20.6 Å². The molecule has 0 aliphatic rings. The van der Waals surface area contributed by atoms with Crippen LogP contribution >= 0.6 is 23.2 Å². The van der Waals surface area contributed by atoms with Gasteiger partial charge in [-0.25, -0.2) is 9.97 Å². The molecule has 1 aromatic carbocycles. The van der Waals surface area contributed by atoms with Gasteiger partial charge in [0.05, 0.1) is 21.6 Å². The van der Waals surface area contributed by atoms with Crippen LogP contribution in [0.4, 0.5) is 23.0 Å². The smallest absolute Gasteiger partial charge is 0.311 e. The number of aromatic nitrogens is 2. The van der Waals surface area contributed by atoms with E-state index < -0.39 is 15.9 Å². The maximum Gasteiger partial charge on any atom is 0.311 e. The van der Waals surface area contributed by atoms with E-state index in [1.165, 1.54) is 24.3 Å². The number of benzene rings is 1. The van der Waals surface area contributed by atoms with E-state index in [0.717, 1.165) is 6.20 Å². The molecule has 4 N–H and O–H groups in total. The van der Waals surface area contributed by atoms with Gasteiger partial charge in [0.2, 0.25) is 5.82 Å². The quantitative estimate of drug-likeness (QED) is 0.300. The van der Waals surface area contributed by atoms with E-state index in [1.54, 1.807) is 18.2 Å². The van der Waals surface area contributed by atoms with Crippen LogP contribution in [-0.2, 0) is 6.54 Å². The van der Waals surface area contributed by atoms with Crippen molar-refractivity contribution in [3.63, 3.8) is 0 Å². The number of nitrogens with two attached hydrogens (primary N) is 1. The fourth-order valence-electron chi connectivity index (χ4n) is 2.79. The Morgan fingerprint density at radius 2 is 1.84 bits per heavy atom. The van der Waals surface area contributed by atoms with Crippen LogP contribution in [0.15, 0.2) is 48.7 Å². The Balaban J connectivity index is 1.83. The molecule has 3 rings (SSSR count). The number of anilines is 2. The van der Waals surface area contributed by atoms with Crippen molar-refractivity contribution in [3.05, 3.63) is 90.2 Å².